The van der Waals surface area contributed by atoms with Crippen LogP contribution in [0.1, 0.15) is 12.0 Å². The van der Waals surface area contributed by atoms with Gasteiger partial charge < -0.3 is 10.8 Å². The number of tetrazole rings is 1. The van der Waals surface area contributed by atoms with E-state index in [4.69, 9.17) is 10.8 Å². The van der Waals surface area contributed by atoms with E-state index in [1.54, 1.807) is 4.68 Å². The Kier molecular flexibility index (Phi) is 3.34. The molecule has 2 aromatic rings. The molecular formula is C11H15N5O. The van der Waals surface area contributed by atoms with E-state index in [1.807, 2.05) is 25.1 Å². The normalized spacial score (nSPS) is 10.7. The summed E-state index contributed by atoms with van der Waals surface area (Å²) >= 11 is 0. The molecule has 0 aliphatic carbocycles. The Balaban J connectivity index is 2.32. The van der Waals surface area contributed by atoms with Gasteiger partial charge in [0.15, 0.2) is 5.82 Å². The smallest absolute Gasteiger partial charge is 0.182 e. The molecule has 0 amide bonds. The maximum atomic E-state index is 8.81. The van der Waals surface area contributed by atoms with Crippen LogP contribution in [0.2, 0.25) is 0 Å². The zero-order chi connectivity index (χ0) is 12.3. The van der Waals surface area contributed by atoms with E-state index in [-0.39, 0.29) is 6.61 Å². The minimum atomic E-state index is 0.120. The average molecular weight is 233 g/mol. The molecule has 0 atom stereocenters. The third-order valence-corrected chi connectivity index (χ3v) is 2.60. The number of aryl methyl sites for hydroxylation is 2. The molecule has 17 heavy (non-hydrogen) atoms. The largest absolute Gasteiger partial charge is 0.398 e. The predicted octanol–water partition coefficient (Wildman–Crippen LogP) is 0.613. The van der Waals surface area contributed by atoms with Crippen molar-refractivity contribution in [3.8, 4) is 11.4 Å². The van der Waals surface area contributed by atoms with Crippen molar-refractivity contribution >= 4 is 5.69 Å². The Hall–Kier alpha value is -1.95. The maximum Gasteiger partial charge on any atom is 0.182 e. The number of nitrogen functional groups attached to an aromatic ring is 1. The second-order valence-electron chi connectivity index (χ2n) is 3.87. The van der Waals surface area contributed by atoms with Crippen molar-refractivity contribution < 1.29 is 5.11 Å². The quantitative estimate of drug-likeness (QED) is 0.755. The minimum absolute atomic E-state index is 0.120. The van der Waals surface area contributed by atoms with Gasteiger partial charge in [-0.1, -0.05) is 12.1 Å². The van der Waals surface area contributed by atoms with E-state index in [0.717, 1.165) is 16.8 Å². The minimum Gasteiger partial charge on any atom is -0.398 e. The van der Waals surface area contributed by atoms with Crippen LogP contribution in [-0.4, -0.2) is 31.9 Å². The maximum absolute atomic E-state index is 8.81. The number of hydrogen-bond acceptors (Lipinski definition) is 5. The van der Waals surface area contributed by atoms with Crippen molar-refractivity contribution in [3.63, 3.8) is 0 Å². The molecule has 1 aromatic heterocycles. The lowest BCUT2D eigenvalue weighted by molar-refractivity contribution is 0.276. The topological polar surface area (TPSA) is 89.8 Å². The lowest BCUT2D eigenvalue weighted by Crippen LogP contribution is -2.05. The van der Waals surface area contributed by atoms with Gasteiger partial charge in [-0.3, -0.25) is 0 Å². The molecule has 6 heteroatoms. The fourth-order valence-electron chi connectivity index (χ4n) is 1.56. The van der Waals surface area contributed by atoms with Crippen LogP contribution in [0.25, 0.3) is 11.4 Å². The molecule has 0 fully saturated rings. The SMILES string of the molecule is Cc1ccc(-c2nnnn2CCCO)cc1N. The molecule has 0 saturated carbocycles. The molecule has 2 rings (SSSR count). The van der Waals surface area contributed by atoms with Gasteiger partial charge in [0.2, 0.25) is 0 Å². The molecular weight excluding hydrogens is 218 g/mol. The molecule has 0 spiro atoms. The van der Waals surface area contributed by atoms with E-state index in [2.05, 4.69) is 15.5 Å². The molecule has 6 nitrogen and oxygen atoms in total. The van der Waals surface area contributed by atoms with Crippen LogP contribution in [0.5, 0.6) is 0 Å². The number of benzene rings is 1. The van der Waals surface area contributed by atoms with Crippen molar-refractivity contribution in [3.05, 3.63) is 23.8 Å². The van der Waals surface area contributed by atoms with Crippen molar-refractivity contribution in [1.82, 2.24) is 20.2 Å². The van der Waals surface area contributed by atoms with Crippen LogP contribution >= 0.6 is 0 Å². The lowest BCUT2D eigenvalue weighted by atomic mass is 10.1. The second kappa shape index (κ2) is 4.92. The number of aliphatic hydroxyl groups is 1. The Morgan fingerprint density at radius 1 is 1.41 bits per heavy atom. The summed E-state index contributed by atoms with van der Waals surface area (Å²) < 4.78 is 1.67. The number of rotatable bonds is 4. The van der Waals surface area contributed by atoms with Crippen molar-refractivity contribution in [2.24, 2.45) is 0 Å². The Bertz CT molecular complexity index is 508. The molecule has 1 aromatic carbocycles. The van der Waals surface area contributed by atoms with Crippen molar-refractivity contribution in [2.75, 3.05) is 12.3 Å². The van der Waals surface area contributed by atoms with E-state index in [9.17, 15) is 0 Å². The number of nitrogens with zero attached hydrogens (tertiary/aromatic N) is 4. The van der Waals surface area contributed by atoms with Gasteiger partial charge in [0, 0.05) is 24.4 Å². The molecule has 0 saturated heterocycles. The van der Waals surface area contributed by atoms with E-state index < -0.39 is 0 Å². The van der Waals surface area contributed by atoms with E-state index in [0.29, 0.717) is 18.8 Å². The highest BCUT2D eigenvalue weighted by Crippen LogP contribution is 2.21. The standard InChI is InChI=1S/C11H15N5O/c1-8-3-4-9(7-10(8)12)11-13-14-15-16(11)5-2-6-17/h3-4,7,17H,2,5-6,12H2,1H3. The monoisotopic (exact) mass is 233 g/mol. The third kappa shape index (κ3) is 2.42. The van der Waals surface area contributed by atoms with Gasteiger partial charge in [0.25, 0.3) is 0 Å². The van der Waals surface area contributed by atoms with Crippen LogP contribution in [0.4, 0.5) is 5.69 Å². The summed E-state index contributed by atoms with van der Waals surface area (Å²) in [6, 6.07) is 5.74. The number of aliphatic hydroxyl groups excluding tert-OH is 1. The second-order valence-corrected chi connectivity index (χ2v) is 3.87. The highest BCUT2D eigenvalue weighted by Gasteiger charge is 2.09. The predicted molar refractivity (Wildman–Crippen MR) is 64.1 cm³/mol. The number of aromatic nitrogens is 4. The highest BCUT2D eigenvalue weighted by atomic mass is 16.3. The first-order valence-electron chi connectivity index (χ1n) is 5.46. The molecule has 1 heterocycles. The van der Waals surface area contributed by atoms with Gasteiger partial charge in [0.1, 0.15) is 0 Å². The molecule has 90 valence electrons. The first kappa shape index (κ1) is 11.5. The fourth-order valence-corrected chi connectivity index (χ4v) is 1.56. The highest BCUT2D eigenvalue weighted by molar-refractivity contribution is 5.63. The zero-order valence-corrected chi connectivity index (χ0v) is 9.67. The van der Waals surface area contributed by atoms with Gasteiger partial charge in [-0.15, -0.1) is 5.10 Å². The van der Waals surface area contributed by atoms with Crippen LogP contribution in [0, 0.1) is 6.92 Å². The van der Waals surface area contributed by atoms with Crippen LogP contribution in [0.15, 0.2) is 18.2 Å². The summed E-state index contributed by atoms with van der Waals surface area (Å²) in [6.07, 6.45) is 0.624. The zero-order valence-electron chi connectivity index (χ0n) is 9.67. The first-order chi connectivity index (χ1) is 8.22. The first-order valence-corrected chi connectivity index (χ1v) is 5.46. The van der Waals surface area contributed by atoms with Gasteiger partial charge in [-0.05, 0) is 35.4 Å². The third-order valence-electron chi connectivity index (χ3n) is 2.60. The molecule has 0 unspecified atom stereocenters. The Labute approximate surface area is 99.1 Å². The van der Waals surface area contributed by atoms with Crippen LogP contribution in [-0.2, 0) is 6.54 Å². The molecule has 0 radical (unpaired) electrons. The summed E-state index contributed by atoms with van der Waals surface area (Å²) in [5.41, 5.74) is 8.50. The van der Waals surface area contributed by atoms with Gasteiger partial charge in [0.05, 0.1) is 0 Å². The van der Waals surface area contributed by atoms with Crippen molar-refractivity contribution in [2.45, 2.75) is 19.9 Å². The van der Waals surface area contributed by atoms with Gasteiger partial charge in [-0.2, -0.15) is 0 Å². The summed E-state index contributed by atoms with van der Waals surface area (Å²) in [5, 5.41) is 20.3. The molecule has 0 bridgehead atoms. The molecule has 3 N–H and O–H groups in total. The van der Waals surface area contributed by atoms with Crippen LogP contribution < -0.4 is 5.73 Å². The Morgan fingerprint density at radius 2 is 2.24 bits per heavy atom. The molecule has 0 aliphatic heterocycles. The number of hydrogen-bond donors (Lipinski definition) is 2. The summed E-state index contributed by atoms with van der Waals surface area (Å²) in [6.45, 7) is 2.66. The lowest BCUT2D eigenvalue weighted by Gasteiger charge is -2.05. The summed E-state index contributed by atoms with van der Waals surface area (Å²) in [7, 11) is 0. The Morgan fingerprint density at radius 3 is 2.94 bits per heavy atom. The molecule has 0 aliphatic rings. The van der Waals surface area contributed by atoms with Crippen LogP contribution in [0.3, 0.4) is 0 Å². The average Bonchev–Trinajstić information content (AvgIpc) is 2.78. The van der Waals surface area contributed by atoms with Gasteiger partial charge >= 0.3 is 0 Å². The van der Waals surface area contributed by atoms with Gasteiger partial charge in [-0.25, -0.2) is 4.68 Å². The van der Waals surface area contributed by atoms with E-state index >= 15 is 0 Å². The number of anilines is 1. The summed E-state index contributed by atoms with van der Waals surface area (Å²) in [5.74, 6) is 0.671. The fraction of sp³-hybridized carbons (Fsp3) is 0.364. The number of nitrogens with two attached hydrogens (primary N) is 1. The summed E-state index contributed by atoms with van der Waals surface area (Å²) in [4.78, 5) is 0. The van der Waals surface area contributed by atoms with E-state index in [1.165, 1.54) is 0 Å². The van der Waals surface area contributed by atoms with Crippen molar-refractivity contribution in [1.29, 1.82) is 0 Å².